The molecule has 0 spiro atoms. The van der Waals surface area contributed by atoms with E-state index in [1.807, 2.05) is 0 Å². The van der Waals surface area contributed by atoms with Crippen molar-refractivity contribution >= 4 is 17.5 Å². The van der Waals surface area contributed by atoms with Crippen molar-refractivity contribution in [1.29, 1.82) is 0 Å². The van der Waals surface area contributed by atoms with Crippen molar-refractivity contribution in [3.8, 4) is 0 Å². The highest BCUT2D eigenvalue weighted by molar-refractivity contribution is 5.87. The molecular formula is C9H15NO3. The fraction of sp³-hybridized carbons (Fsp3) is 0.667. The molecule has 0 saturated heterocycles. The van der Waals surface area contributed by atoms with Gasteiger partial charge in [-0.15, -0.1) is 0 Å². The maximum atomic E-state index is 11.0. The van der Waals surface area contributed by atoms with E-state index in [0.717, 1.165) is 0 Å². The first kappa shape index (κ1) is 11.8. The number of Topliss-reactive ketones (excluding diaryl/α,β-unsaturated/α-hetero) is 2. The van der Waals surface area contributed by atoms with Gasteiger partial charge in [0.25, 0.3) is 0 Å². The minimum atomic E-state index is -0.513. The Balaban J connectivity index is 4.02. The second kappa shape index (κ2) is 5.45. The number of carbonyl (C=O) groups excluding carboxylic acids is 3. The van der Waals surface area contributed by atoms with Gasteiger partial charge in [0.2, 0.25) is 5.91 Å². The summed E-state index contributed by atoms with van der Waals surface area (Å²) in [5, 5.41) is 2.49. The van der Waals surface area contributed by atoms with Gasteiger partial charge in [0, 0.05) is 13.3 Å². The largest absolute Gasteiger partial charge is 0.347 e. The van der Waals surface area contributed by atoms with E-state index in [-0.39, 0.29) is 17.5 Å². The zero-order valence-corrected chi connectivity index (χ0v) is 8.22. The molecule has 0 aromatic heterocycles. The van der Waals surface area contributed by atoms with Crippen molar-refractivity contribution in [3.05, 3.63) is 0 Å². The fourth-order valence-electron chi connectivity index (χ4n) is 0.970. The predicted molar refractivity (Wildman–Crippen MR) is 48.2 cm³/mol. The fourth-order valence-corrected chi connectivity index (χ4v) is 0.970. The van der Waals surface area contributed by atoms with Gasteiger partial charge in [0.05, 0.1) is 6.04 Å². The summed E-state index contributed by atoms with van der Waals surface area (Å²) in [5.41, 5.74) is 0. The maximum absolute atomic E-state index is 11.0. The van der Waals surface area contributed by atoms with Crippen LogP contribution in [-0.4, -0.2) is 23.5 Å². The zero-order valence-electron chi connectivity index (χ0n) is 8.22. The van der Waals surface area contributed by atoms with Crippen LogP contribution < -0.4 is 5.32 Å². The molecule has 0 aliphatic rings. The molecule has 74 valence electrons. The summed E-state index contributed by atoms with van der Waals surface area (Å²) in [4.78, 5) is 32.3. The van der Waals surface area contributed by atoms with E-state index in [0.29, 0.717) is 12.8 Å². The lowest BCUT2D eigenvalue weighted by Gasteiger charge is -2.13. The molecule has 0 saturated carbocycles. The Morgan fingerprint density at radius 1 is 1.15 bits per heavy atom. The van der Waals surface area contributed by atoms with Gasteiger partial charge in [-0.1, -0.05) is 0 Å². The molecule has 0 aliphatic heterocycles. The number of amides is 1. The SMILES string of the molecule is CC(=O)CCC(NC(C)=O)C(C)=O. The lowest BCUT2D eigenvalue weighted by molar-refractivity contribution is -0.126. The normalized spacial score (nSPS) is 11.9. The summed E-state index contributed by atoms with van der Waals surface area (Å²) in [7, 11) is 0. The molecule has 0 aromatic rings. The molecule has 1 amide bonds. The molecule has 0 fully saturated rings. The Hall–Kier alpha value is -1.19. The molecule has 0 rings (SSSR count). The Morgan fingerprint density at radius 3 is 2.00 bits per heavy atom. The number of ketones is 2. The topological polar surface area (TPSA) is 63.2 Å². The second-order valence-corrected chi connectivity index (χ2v) is 3.10. The van der Waals surface area contributed by atoms with Crippen molar-refractivity contribution in [2.45, 2.75) is 39.7 Å². The Bertz CT molecular complexity index is 223. The van der Waals surface area contributed by atoms with Crippen LogP contribution in [0.1, 0.15) is 33.6 Å². The van der Waals surface area contributed by atoms with Gasteiger partial charge in [-0.2, -0.15) is 0 Å². The molecule has 0 aliphatic carbocycles. The highest BCUT2D eigenvalue weighted by Crippen LogP contribution is 1.99. The van der Waals surface area contributed by atoms with Gasteiger partial charge >= 0.3 is 0 Å². The zero-order chi connectivity index (χ0) is 10.4. The molecule has 0 radical (unpaired) electrons. The smallest absolute Gasteiger partial charge is 0.217 e. The molecule has 4 heteroatoms. The average Bonchev–Trinajstić information content (AvgIpc) is 1.96. The third-order valence-electron chi connectivity index (χ3n) is 1.65. The van der Waals surface area contributed by atoms with Crippen molar-refractivity contribution in [3.63, 3.8) is 0 Å². The van der Waals surface area contributed by atoms with Crippen LogP contribution >= 0.6 is 0 Å². The first-order valence-corrected chi connectivity index (χ1v) is 4.20. The average molecular weight is 185 g/mol. The molecule has 0 bridgehead atoms. The van der Waals surface area contributed by atoms with Crippen LogP contribution in [0.25, 0.3) is 0 Å². The monoisotopic (exact) mass is 185 g/mol. The maximum Gasteiger partial charge on any atom is 0.217 e. The van der Waals surface area contributed by atoms with Gasteiger partial charge < -0.3 is 10.1 Å². The molecule has 1 N–H and O–H groups in total. The first-order chi connectivity index (χ1) is 5.93. The number of rotatable bonds is 5. The van der Waals surface area contributed by atoms with Gasteiger partial charge in [-0.3, -0.25) is 9.59 Å². The van der Waals surface area contributed by atoms with Gasteiger partial charge in [-0.25, -0.2) is 0 Å². The summed E-state index contributed by atoms with van der Waals surface area (Å²) in [6.07, 6.45) is 0.717. The first-order valence-electron chi connectivity index (χ1n) is 4.20. The molecule has 1 unspecified atom stereocenters. The van der Waals surface area contributed by atoms with Crippen LogP contribution in [0.4, 0.5) is 0 Å². The van der Waals surface area contributed by atoms with Crippen molar-refractivity contribution in [2.75, 3.05) is 0 Å². The summed E-state index contributed by atoms with van der Waals surface area (Å²) in [6, 6.07) is -0.513. The summed E-state index contributed by atoms with van der Waals surface area (Å²) >= 11 is 0. The predicted octanol–water partition coefficient (Wildman–Crippen LogP) is 0.449. The second-order valence-electron chi connectivity index (χ2n) is 3.10. The summed E-state index contributed by atoms with van der Waals surface area (Å²) < 4.78 is 0. The molecule has 4 nitrogen and oxygen atoms in total. The molecule has 13 heavy (non-hydrogen) atoms. The van der Waals surface area contributed by atoms with Crippen LogP contribution in [0.5, 0.6) is 0 Å². The lowest BCUT2D eigenvalue weighted by Crippen LogP contribution is -2.38. The van der Waals surface area contributed by atoms with E-state index >= 15 is 0 Å². The Kier molecular flexibility index (Phi) is 4.96. The van der Waals surface area contributed by atoms with Crippen LogP contribution in [0.3, 0.4) is 0 Å². The molecule has 1 atom stereocenters. The highest BCUT2D eigenvalue weighted by Gasteiger charge is 2.15. The standard InChI is InChI=1S/C9H15NO3/c1-6(11)4-5-9(7(2)12)10-8(3)13/h9H,4-5H2,1-3H3,(H,10,13). The van der Waals surface area contributed by atoms with E-state index in [2.05, 4.69) is 5.32 Å². The Labute approximate surface area is 77.7 Å². The van der Waals surface area contributed by atoms with E-state index < -0.39 is 6.04 Å². The van der Waals surface area contributed by atoms with Gasteiger partial charge in [0.15, 0.2) is 5.78 Å². The number of hydrogen-bond acceptors (Lipinski definition) is 3. The number of carbonyl (C=O) groups is 3. The summed E-state index contributed by atoms with van der Waals surface area (Å²) in [6.45, 7) is 4.22. The van der Waals surface area contributed by atoms with E-state index in [1.54, 1.807) is 0 Å². The van der Waals surface area contributed by atoms with E-state index in [1.165, 1.54) is 20.8 Å². The molecular weight excluding hydrogens is 170 g/mol. The number of hydrogen-bond donors (Lipinski definition) is 1. The minimum Gasteiger partial charge on any atom is -0.347 e. The van der Waals surface area contributed by atoms with Crippen molar-refractivity contribution in [2.24, 2.45) is 0 Å². The van der Waals surface area contributed by atoms with Crippen LogP contribution in [0, 0.1) is 0 Å². The van der Waals surface area contributed by atoms with Crippen molar-refractivity contribution < 1.29 is 14.4 Å². The van der Waals surface area contributed by atoms with Crippen molar-refractivity contribution in [1.82, 2.24) is 5.32 Å². The van der Waals surface area contributed by atoms with E-state index in [9.17, 15) is 14.4 Å². The van der Waals surface area contributed by atoms with E-state index in [4.69, 9.17) is 0 Å². The van der Waals surface area contributed by atoms with Gasteiger partial charge in [-0.05, 0) is 20.3 Å². The highest BCUT2D eigenvalue weighted by atomic mass is 16.2. The Morgan fingerprint density at radius 2 is 1.69 bits per heavy atom. The molecule has 0 heterocycles. The van der Waals surface area contributed by atoms with Crippen LogP contribution in [0.2, 0.25) is 0 Å². The lowest BCUT2D eigenvalue weighted by atomic mass is 10.1. The third-order valence-corrected chi connectivity index (χ3v) is 1.65. The number of nitrogens with one attached hydrogen (secondary N) is 1. The molecule has 0 aromatic carbocycles. The van der Waals surface area contributed by atoms with Crippen LogP contribution in [0.15, 0.2) is 0 Å². The van der Waals surface area contributed by atoms with Crippen LogP contribution in [-0.2, 0) is 14.4 Å². The summed E-state index contributed by atoms with van der Waals surface area (Å²) in [5.74, 6) is -0.336. The van der Waals surface area contributed by atoms with Gasteiger partial charge in [0.1, 0.15) is 5.78 Å². The quantitative estimate of drug-likeness (QED) is 0.676. The third kappa shape index (κ3) is 6.02. The minimum absolute atomic E-state index is 0.0246.